The van der Waals surface area contributed by atoms with Gasteiger partial charge in [-0.1, -0.05) is 30.9 Å². The molecule has 3 rings (SSSR count). The van der Waals surface area contributed by atoms with Crippen LogP contribution in [0.5, 0.6) is 5.75 Å². The van der Waals surface area contributed by atoms with Crippen LogP contribution >= 0.6 is 11.6 Å². The standard InChI is InChI=1S/C15H16ClNO4/c16-11-8-10(17(19)20)4-5-12(11)21-14-9-13(18)15(14)6-2-1-3-7-15/h4-5,8,14H,1-3,6-7,9H2. The maximum absolute atomic E-state index is 12.0. The summed E-state index contributed by atoms with van der Waals surface area (Å²) < 4.78 is 5.90. The highest BCUT2D eigenvalue weighted by Gasteiger charge is 2.56. The van der Waals surface area contributed by atoms with E-state index in [1.165, 1.54) is 24.6 Å². The van der Waals surface area contributed by atoms with Gasteiger partial charge in [0.05, 0.1) is 15.4 Å². The Hall–Kier alpha value is -1.62. The molecule has 2 fully saturated rings. The molecule has 5 nitrogen and oxygen atoms in total. The fourth-order valence-corrected chi connectivity index (χ4v) is 3.62. The van der Waals surface area contributed by atoms with E-state index in [1.54, 1.807) is 0 Å². The molecule has 1 spiro atoms. The fraction of sp³-hybridized carbons (Fsp3) is 0.533. The summed E-state index contributed by atoms with van der Waals surface area (Å²) in [6.45, 7) is 0. The molecule has 1 aromatic carbocycles. The summed E-state index contributed by atoms with van der Waals surface area (Å²) in [5, 5.41) is 10.9. The molecule has 2 aliphatic rings. The Morgan fingerprint density at radius 1 is 1.29 bits per heavy atom. The Balaban J connectivity index is 1.78. The number of hydrogen-bond donors (Lipinski definition) is 0. The van der Waals surface area contributed by atoms with Crippen LogP contribution < -0.4 is 4.74 Å². The van der Waals surface area contributed by atoms with E-state index in [1.807, 2.05) is 0 Å². The SMILES string of the molecule is O=C1CC(Oc2ccc([N+](=O)[O-])cc2Cl)C12CCCCC2. The molecule has 0 bridgehead atoms. The molecule has 1 atom stereocenters. The molecular formula is C15H16ClNO4. The molecule has 1 unspecified atom stereocenters. The Labute approximate surface area is 127 Å². The molecule has 0 amide bonds. The lowest BCUT2D eigenvalue weighted by Crippen LogP contribution is -2.57. The average molecular weight is 310 g/mol. The lowest BCUT2D eigenvalue weighted by Gasteiger charge is -2.49. The van der Waals surface area contributed by atoms with Crippen LogP contribution in [0, 0.1) is 15.5 Å². The van der Waals surface area contributed by atoms with Crippen LogP contribution in [0.2, 0.25) is 5.02 Å². The van der Waals surface area contributed by atoms with Crippen LogP contribution in [0.15, 0.2) is 18.2 Å². The first kappa shape index (κ1) is 14.3. The van der Waals surface area contributed by atoms with Crippen molar-refractivity contribution in [2.75, 3.05) is 0 Å². The topological polar surface area (TPSA) is 69.4 Å². The maximum atomic E-state index is 12.0. The average Bonchev–Trinajstić information content (AvgIpc) is 2.49. The highest BCUT2D eigenvalue weighted by molar-refractivity contribution is 6.32. The molecule has 2 aliphatic carbocycles. The van der Waals surface area contributed by atoms with Crippen molar-refractivity contribution in [1.29, 1.82) is 0 Å². The minimum Gasteiger partial charge on any atom is -0.487 e. The van der Waals surface area contributed by atoms with E-state index in [-0.39, 0.29) is 28.0 Å². The lowest BCUT2D eigenvalue weighted by atomic mass is 9.57. The van der Waals surface area contributed by atoms with Crippen molar-refractivity contribution in [3.63, 3.8) is 0 Å². The van der Waals surface area contributed by atoms with Gasteiger partial charge in [-0.05, 0) is 18.9 Å². The number of ketones is 1. The number of hydrogen-bond acceptors (Lipinski definition) is 4. The van der Waals surface area contributed by atoms with Crippen LogP contribution in [-0.4, -0.2) is 16.8 Å². The summed E-state index contributed by atoms with van der Waals surface area (Å²) in [6.07, 6.45) is 5.29. The molecule has 1 aromatic rings. The Bertz CT molecular complexity index is 595. The third kappa shape index (κ3) is 2.39. The van der Waals surface area contributed by atoms with Crippen molar-refractivity contribution >= 4 is 23.1 Å². The quantitative estimate of drug-likeness (QED) is 0.627. The van der Waals surface area contributed by atoms with Crippen LogP contribution in [0.4, 0.5) is 5.69 Å². The fourth-order valence-electron chi connectivity index (χ4n) is 3.41. The van der Waals surface area contributed by atoms with Gasteiger partial charge in [-0.15, -0.1) is 0 Å². The van der Waals surface area contributed by atoms with Crippen molar-refractivity contribution in [1.82, 2.24) is 0 Å². The Kier molecular flexibility index (Phi) is 3.61. The molecular weight excluding hydrogens is 294 g/mol. The molecule has 0 radical (unpaired) electrons. The normalized spacial score (nSPS) is 23.7. The van der Waals surface area contributed by atoms with E-state index in [2.05, 4.69) is 0 Å². The minimum absolute atomic E-state index is 0.0654. The summed E-state index contributed by atoms with van der Waals surface area (Å²) in [6, 6.07) is 4.17. The number of nitro benzene ring substituents is 1. The second-order valence-corrected chi connectivity index (χ2v) is 6.23. The predicted molar refractivity (Wildman–Crippen MR) is 77.7 cm³/mol. The number of carbonyl (C=O) groups excluding carboxylic acids is 1. The van der Waals surface area contributed by atoms with E-state index >= 15 is 0 Å². The van der Waals surface area contributed by atoms with Crippen molar-refractivity contribution in [3.8, 4) is 5.75 Å². The highest BCUT2D eigenvalue weighted by atomic mass is 35.5. The Morgan fingerprint density at radius 2 is 2.00 bits per heavy atom. The number of benzene rings is 1. The predicted octanol–water partition coefficient (Wildman–Crippen LogP) is 3.92. The lowest BCUT2D eigenvalue weighted by molar-refractivity contribution is -0.384. The van der Waals surface area contributed by atoms with Gasteiger partial charge in [0.15, 0.2) is 0 Å². The zero-order valence-corrected chi connectivity index (χ0v) is 12.3. The van der Waals surface area contributed by atoms with Gasteiger partial charge in [-0.3, -0.25) is 14.9 Å². The molecule has 112 valence electrons. The molecule has 21 heavy (non-hydrogen) atoms. The van der Waals surface area contributed by atoms with Crippen molar-refractivity contribution in [2.45, 2.75) is 44.6 Å². The maximum Gasteiger partial charge on any atom is 0.271 e. The van der Waals surface area contributed by atoms with Crippen LogP contribution in [-0.2, 0) is 4.79 Å². The van der Waals surface area contributed by atoms with Gasteiger partial charge in [0, 0.05) is 18.6 Å². The summed E-state index contributed by atoms with van der Waals surface area (Å²) in [5.74, 6) is 0.704. The monoisotopic (exact) mass is 309 g/mol. The van der Waals surface area contributed by atoms with E-state index in [4.69, 9.17) is 16.3 Å². The van der Waals surface area contributed by atoms with E-state index in [0.29, 0.717) is 12.2 Å². The van der Waals surface area contributed by atoms with Crippen molar-refractivity contribution in [2.24, 2.45) is 5.41 Å². The first-order chi connectivity index (χ1) is 10.0. The molecule has 0 saturated heterocycles. The van der Waals surface area contributed by atoms with Crippen LogP contribution in [0.3, 0.4) is 0 Å². The Morgan fingerprint density at radius 3 is 2.57 bits per heavy atom. The molecule has 0 N–H and O–H groups in total. The second kappa shape index (κ2) is 5.30. The number of nitro groups is 1. The van der Waals surface area contributed by atoms with Gasteiger partial charge in [0.2, 0.25) is 0 Å². The summed E-state index contributed by atoms with van der Waals surface area (Å²) >= 11 is 6.05. The van der Waals surface area contributed by atoms with Gasteiger partial charge >= 0.3 is 0 Å². The number of nitrogens with zero attached hydrogens (tertiary/aromatic N) is 1. The van der Waals surface area contributed by atoms with Crippen LogP contribution in [0.25, 0.3) is 0 Å². The smallest absolute Gasteiger partial charge is 0.271 e. The zero-order chi connectivity index (χ0) is 15.0. The van der Waals surface area contributed by atoms with E-state index < -0.39 is 4.92 Å². The first-order valence-electron chi connectivity index (χ1n) is 7.17. The largest absolute Gasteiger partial charge is 0.487 e. The van der Waals surface area contributed by atoms with Gasteiger partial charge < -0.3 is 4.74 Å². The minimum atomic E-state index is -0.495. The molecule has 6 heteroatoms. The number of non-ortho nitro benzene ring substituents is 1. The molecule has 0 aliphatic heterocycles. The van der Waals surface area contributed by atoms with E-state index in [9.17, 15) is 14.9 Å². The number of Topliss-reactive ketones (excluding diaryl/α,β-unsaturated/α-hetero) is 1. The highest BCUT2D eigenvalue weighted by Crippen LogP contribution is 2.51. The van der Waals surface area contributed by atoms with Gasteiger partial charge in [-0.2, -0.15) is 0 Å². The number of carbonyl (C=O) groups is 1. The molecule has 0 aromatic heterocycles. The van der Waals surface area contributed by atoms with Crippen molar-refractivity contribution in [3.05, 3.63) is 33.3 Å². The summed E-state index contributed by atoms with van der Waals surface area (Å²) in [4.78, 5) is 22.2. The molecule has 2 saturated carbocycles. The third-order valence-electron chi connectivity index (χ3n) is 4.68. The summed E-state index contributed by atoms with van der Waals surface area (Å²) in [7, 11) is 0. The van der Waals surface area contributed by atoms with Gasteiger partial charge in [0.1, 0.15) is 17.6 Å². The van der Waals surface area contributed by atoms with E-state index in [0.717, 1.165) is 25.7 Å². The number of ether oxygens (including phenoxy) is 1. The first-order valence-corrected chi connectivity index (χ1v) is 7.55. The van der Waals surface area contributed by atoms with Gasteiger partial charge in [0.25, 0.3) is 5.69 Å². The number of halogens is 1. The number of rotatable bonds is 3. The summed E-state index contributed by atoms with van der Waals surface area (Å²) in [5.41, 5.74) is -0.409. The van der Waals surface area contributed by atoms with Crippen molar-refractivity contribution < 1.29 is 14.5 Å². The zero-order valence-electron chi connectivity index (χ0n) is 11.5. The molecule has 0 heterocycles. The third-order valence-corrected chi connectivity index (χ3v) is 4.98. The van der Waals surface area contributed by atoms with Gasteiger partial charge in [-0.25, -0.2) is 0 Å². The second-order valence-electron chi connectivity index (χ2n) is 5.82. The van der Waals surface area contributed by atoms with Crippen LogP contribution in [0.1, 0.15) is 38.5 Å².